The third kappa shape index (κ3) is 2.94. The number of halogens is 1. The zero-order valence-electron chi connectivity index (χ0n) is 11.0. The molecule has 0 radical (unpaired) electrons. The third-order valence-electron chi connectivity index (χ3n) is 2.91. The van der Waals surface area contributed by atoms with Crippen molar-refractivity contribution in [1.82, 2.24) is 15.2 Å². The van der Waals surface area contributed by atoms with E-state index in [9.17, 15) is 4.39 Å². The van der Waals surface area contributed by atoms with Crippen LogP contribution in [0.2, 0.25) is 0 Å². The highest BCUT2D eigenvalue weighted by atomic mass is 19.1. The number of aryl methyl sites for hydroxylation is 2. The lowest BCUT2D eigenvalue weighted by Gasteiger charge is -2.00. The summed E-state index contributed by atoms with van der Waals surface area (Å²) in [4.78, 5) is 4.43. The lowest BCUT2D eigenvalue weighted by molar-refractivity contribution is 0.575. The predicted molar refractivity (Wildman–Crippen MR) is 69.7 cm³/mol. The van der Waals surface area contributed by atoms with Crippen LogP contribution in [0.1, 0.15) is 31.7 Å². The second-order valence-electron chi connectivity index (χ2n) is 5.00. The lowest BCUT2D eigenvalue weighted by Crippen LogP contribution is -1.94. The van der Waals surface area contributed by atoms with Gasteiger partial charge in [-0.25, -0.2) is 9.37 Å². The molecule has 0 amide bonds. The smallest absolute Gasteiger partial charge is 0.181 e. The molecule has 0 aliphatic heterocycles. The summed E-state index contributed by atoms with van der Waals surface area (Å²) in [5.41, 5.74) is 1.46. The molecular weight excluding hydrogens is 229 g/mol. The molecule has 0 saturated heterocycles. The Balaban J connectivity index is 2.16. The van der Waals surface area contributed by atoms with E-state index in [0.29, 0.717) is 17.3 Å². The van der Waals surface area contributed by atoms with E-state index < -0.39 is 0 Å². The number of hydrogen-bond acceptors (Lipinski definition) is 2. The van der Waals surface area contributed by atoms with E-state index in [4.69, 9.17) is 0 Å². The minimum absolute atomic E-state index is 0.200. The van der Waals surface area contributed by atoms with Gasteiger partial charge in [0.1, 0.15) is 11.6 Å². The normalized spacial score (nSPS) is 11.2. The fraction of sp³-hybridized carbons (Fsp3) is 0.429. The summed E-state index contributed by atoms with van der Waals surface area (Å²) in [7, 11) is 0. The molecule has 0 atom stereocenters. The molecule has 0 aliphatic carbocycles. The SMILES string of the molecule is Cc1cc(-c2n[nH]c(CCC(C)C)n2)ccc1F. The van der Waals surface area contributed by atoms with Crippen LogP contribution in [0.15, 0.2) is 18.2 Å². The van der Waals surface area contributed by atoms with Crippen LogP contribution in [0.5, 0.6) is 0 Å². The molecule has 0 aliphatic rings. The zero-order valence-corrected chi connectivity index (χ0v) is 11.0. The molecule has 1 N–H and O–H groups in total. The van der Waals surface area contributed by atoms with Crippen LogP contribution in [0.3, 0.4) is 0 Å². The van der Waals surface area contributed by atoms with Gasteiger partial charge in [0.05, 0.1) is 0 Å². The van der Waals surface area contributed by atoms with Crippen LogP contribution in [0.25, 0.3) is 11.4 Å². The Bertz CT molecular complexity index is 532. The van der Waals surface area contributed by atoms with Crippen LogP contribution in [0, 0.1) is 18.7 Å². The summed E-state index contributed by atoms with van der Waals surface area (Å²) >= 11 is 0. The highest BCUT2D eigenvalue weighted by Gasteiger charge is 2.08. The van der Waals surface area contributed by atoms with Gasteiger partial charge in [-0.2, -0.15) is 5.10 Å². The van der Waals surface area contributed by atoms with E-state index in [1.165, 1.54) is 6.07 Å². The van der Waals surface area contributed by atoms with E-state index in [-0.39, 0.29) is 5.82 Å². The number of rotatable bonds is 4. The maximum absolute atomic E-state index is 13.2. The standard InChI is InChI=1S/C14H18FN3/c1-9(2)4-7-13-16-14(18-17-13)11-5-6-12(15)10(3)8-11/h5-6,8-9H,4,7H2,1-3H3,(H,16,17,18). The average Bonchev–Trinajstić information content (AvgIpc) is 2.79. The van der Waals surface area contributed by atoms with Gasteiger partial charge in [0.15, 0.2) is 5.82 Å². The van der Waals surface area contributed by atoms with Crippen LogP contribution in [0.4, 0.5) is 4.39 Å². The van der Waals surface area contributed by atoms with Crippen molar-refractivity contribution in [2.45, 2.75) is 33.6 Å². The first kappa shape index (κ1) is 12.7. The Kier molecular flexibility index (Phi) is 3.75. The fourth-order valence-electron chi connectivity index (χ4n) is 1.75. The van der Waals surface area contributed by atoms with Crippen molar-refractivity contribution in [3.05, 3.63) is 35.4 Å². The van der Waals surface area contributed by atoms with E-state index in [1.807, 2.05) is 0 Å². The maximum atomic E-state index is 13.2. The largest absolute Gasteiger partial charge is 0.263 e. The van der Waals surface area contributed by atoms with E-state index in [1.54, 1.807) is 19.1 Å². The quantitative estimate of drug-likeness (QED) is 0.898. The summed E-state index contributed by atoms with van der Waals surface area (Å²) in [5, 5.41) is 7.12. The zero-order chi connectivity index (χ0) is 13.1. The van der Waals surface area contributed by atoms with E-state index in [2.05, 4.69) is 29.0 Å². The molecule has 0 saturated carbocycles. The molecule has 0 bridgehead atoms. The first-order valence-corrected chi connectivity index (χ1v) is 6.24. The number of nitrogens with zero attached hydrogens (tertiary/aromatic N) is 2. The van der Waals surface area contributed by atoms with Gasteiger partial charge in [-0.1, -0.05) is 13.8 Å². The van der Waals surface area contributed by atoms with Gasteiger partial charge in [-0.05, 0) is 43.0 Å². The number of hydrogen-bond donors (Lipinski definition) is 1. The highest BCUT2D eigenvalue weighted by Crippen LogP contribution is 2.18. The molecule has 1 heterocycles. The van der Waals surface area contributed by atoms with Crippen molar-refractivity contribution in [3.8, 4) is 11.4 Å². The van der Waals surface area contributed by atoms with Gasteiger partial charge in [0, 0.05) is 12.0 Å². The van der Waals surface area contributed by atoms with Crippen molar-refractivity contribution in [2.75, 3.05) is 0 Å². The maximum Gasteiger partial charge on any atom is 0.181 e. The summed E-state index contributed by atoms with van der Waals surface area (Å²) in [6, 6.07) is 4.93. The van der Waals surface area contributed by atoms with Gasteiger partial charge in [-0.3, -0.25) is 5.10 Å². The molecule has 0 fully saturated rings. The monoisotopic (exact) mass is 247 g/mol. The van der Waals surface area contributed by atoms with Gasteiger partial charge in [-0.15, -0.1) is 0 Å². The highest BCUT2D eigenvalue weighted by molar-refractivity contribution is 5.55. The molecule has 1 aromatic heterocycles. The second kappa shape index (κ2) is 5.29. The molecule has 96 valence electrons. The number of aromatic amines is 1. The van der Waals surface area contributed by atoms with Gasteiger partial charge >= 0.3 is 0 Å². The Labute approximate surface area is 106 Å². The Hall–Kier alpha value is -1.71. The van der Waals surface area contributed by atoms with Crippen molar-refractivity contribution >= 4 is 0 Å². The summed E-state index contributed by atoms with van der Waals surface area (Å²) < 4.78 is 13.2. The summed E-state index contributed by atoms with van der Waals surface area (Å²) in [5.74, 6) is 1.97. The molecule has 2 rings (SSSR count). The molecule has 18 heavy (non-hydrogen) atoms. The molecule has 2 aromatic rings. The van der Waals surface area contributed by atoms with E-state index in [0.717, 1.165) is 24.2 Å². The second-order valence-corrected chi connectivity index (χ2v) is 5.00. The van der Waals surface area contributed by atoms with Crippen molar-refractivity contribution < 1.29 is 4.39 Å². The average molecular weight is 247 g/mol. The summed E-state index contributed by atoms with van der Waals surface area (Å²) in [6.45, 7) is 6.10. The fourth-order valence-corrected chi connectivity index (χ4v) is 1.75. The van der Waals surface area contributed by atoms with E-state index >= 15 is 0 Å². The number of H-pyrrole nitrogens is 1. The first-order valence-electron chi connectivity index (χ1n) is 6.24. The van der Waals surface area contributed by atoms with Crippen LogP contribution in [-0.4, -0.2) is 15.2 Å². The summed E-state index contributed by atoms with van der Waals surface area (Å²) in [6.07, 6.45) is 1.97. The minimum Gasteiger partial charge on any atom is -0.263 e. The number of aromatic nitrogens is 3. The Morgan fingerprint density at radius 2 is 2.11 bits per heavy atom. The van der Waals surface area contributed by atoms with Gasteiger partial charge in [0.2, 0.25) is 0 Å². The minimum atomic E-state index is -0.200. The number of benzene rings is 1. The molecule has 0 spiro atoms. The Morgan fingerprint density at radius 1 is 1.33 bits per heavy atom. The van der Waals surface area contributed by atoms with Crippen molar-refractivity contribution in [1.29, 1.82) is 0 Å². The molecule has 3 nitrogen and oxygen atoms in total. The topological polar surface area (TPSA) is 41.6 Å². The van der Waals surface area contributed by atoms with Crippen LogP contribution in [-0.2, 0) is 6.42 Å². The molecular formula is C14H18FN3. The van der Waals surface area contributed by atoms with Crippen LogP contribution >= 0.6 is 0 Å². The van der Waals surface area contributed by atoms with Crippen LogP contribution < -0.4 is 0 Å². The first-order chi connectivity index (χ1) is 8.56. The molecule has 0 unspecified atom stereocenters. The third-order valence-corrected chi connectivity index (χ3v) is 2.91. The van der Waals surface area contributed by atoms with Crippen molar-refractivity contribution in [2.24, 2.45) is 5.92 Å². The van der Waals surface area contributed by atoms with Gasteiger partial charge in [0.25, 0.3) is 0 Å². The molecule has 4 heteroatoms. The predicted octanol–water partition coefficient (Wildman–Crippen LogP) is 3.51. The number of nitrogens with one attached hydrogen (secondary N) is 1. The molecule has 1 aromatic carbocycles. The van der Waals surface area contributed by atoms with Crippen molar-refractivity contribution in [3.63, 3.8) is 0 Å². The van der Waals surface area contributed by atoms with Gasteiger partial charge < -0.3 is 0 Å². The lowest BCUT2D eigenvalue weighted by atomic mass is 10.1. The Morgan fingerprint density at radius 3 is 2.78 bits per heavy atom.